The second-order valence-electron chi connectivity index (χ2n) is 3.59. The van der Waals surface area contributed by atoms with E-state index in [0.717, 1.165) is 10.5 Å². The number of pyridine rings is 1. The summed E-state index contributed by atoms with van der Waals surface area (Å²) in [6.07, 6.45) is 1.61. The largest absolute Gasteiger partial charge is 0.481 e. The Bertz CT molecular complexity index is 564. The Kier molecular flexibility index (Phi) is 3.89. The Labute approximate surface area is 109 Å². The summed E-state index contributed by atoms with van der Waals surface area (Å²) < 4.78 is 17.2. The van der Waals surface area contributed by atoms with Crippen molar-refractivity contribution in [2.75, 3.05) is 7.11 Å². The molecule has 18 heavy (non-hydrogen) atoms. The minimum atomic E-state index is -1.26. The number of nitrogens with zero attached hydrogens (tertiary/aromatic N) is 1. The molecule has 0 saturated carbocycles. The summed E-state index contributed by atoms with van der Waals surface area (Å²) >= 11 is 0. The van der Waals surface area contributed by atoms with Crippen LogP contribution < -0.4 is 4.74 Å². The minimum absolute atomic E-state index is 0.525. The van der Waals surface area contributed by atoms with Gasteiger partial charge in [-0.1, -0.05) is 24.8 Å². The van der Waals surface area contributed by atoms with Crippen LogP contribution in [0.15, 0.2) is 60.1 Å². The number of aromatic nitrogens is 1. The van der Waals surface area contributed by atoms with Crippen molar-refractivity contribution in [1.82, 2.24) is 4.98 Å². The molecule has 0 fully saturated rings. The second kappa shape index (κ2) is 5.60. The van der Waals surface area contributed by atoms with Gasteiger partial charge in [-0.2, -0.15) is 0 Å². The fraction of sp³-hybridized carbons (Fsp3) is 0.0714. The molecule has 0 radical (unpaired) electrons. The molecule has 3 nitrogen and oxygen atoms in total. The lowest BCUT2D eigenvalue weighted by molar-refractivity contribution is 0.398. The third-order valence-electron chi connectivity index (χ3n) is 2.45. The Morgan fingerprint density at radius 1 is 1.22 bits per heavy atom. The summed E-state index contributed by atoms with van der Waals surface area (Å²) in [4.78, 5) is 5.35. The molecule has 1 aromatic heterocycles. The van der Waals surface area contributed by atoms with E-state index in [9.17, 15) is 4.21 Å². The van der Waals surface area contributed by atoms with Gasteiger partial charge < -0.3 is 4.74 Å². The standard InChI is InChI=1S/C14H13NO2S/c1-11(12-8-9-14(17-2)15-10-12)18(16)13-6-4-3-5-7-13/h3-10H,1H2,2H3/t18-/m1/s1. The molecule has 1 aromatic carbocycles. The maximum atomic E-state index is 12.3. The van der Waals surface area contributed by atoms with Crippen LogP contribution >= 0.6 is 0 Å². The summed E-state index contributed by atoms with van der Waals surface area (Å²) in [5.41, 5.74) is 0.748. The van der Waals surface area contributed by atoms with Gasteiger partial charge in [0.2, 0.25) is 5.88 Å². The van der Waals surface area contributed by atoms with Crippen LogP contribution in [0.3, 0.4) is 0 Å². The van der Waals surface area contributed by atoms with Crippen molar-refractivity contribution in [3.05, 3.63) is 60.8 Å². The zero-order chi connectivity index (χ0) is 13.0. The van der Waals surface area contributed by atoms with Gasteiger partial charge in [-0.3, -0.25) is 0 Å². The Morgan fingerprint density at radius 3 is 2.50 bits per heavy atom. The number of ether oxygens (including phenoxy) is 1. The number of hydrogen-bond donors (Lipinski definition) is 0. The molecule has 2 aromatic rings. The van der Waals surface area contributed by atoms with E-state index in [2.05, 4.69) is 11.6 Å². The van der Waals surface area contributed by atoms with E-state index in [4.69, 9.17) is 4.74 Å². The maximum Gasteiger partial charge on any atom is 0.212 e. The van der Waals surface area contributed by atoms with Crippen LogP contribution in [0.2, 0.25) is 0 Å². The summed E-state index contributed by atoms with van der Waals surface area (Å²) in [6, 6.07) is 12.8. The molecule has 92 valence electrons. The molecule has 4 heteroatoms. The summed E-state index contributed by atoms with van der Waals surface area (Å²) in [7, 11) is 0.292. The van der Waals surface area contributed by atoms with Crippen molar-refractivity contribution in [2.24, 2.45) is 0 Å². The first kappa shape index (κ1) is 12.5. The van der Waals surface area contributed by atoms with Crippen molar-refractivity contribution < 1.29 is 8.95 Å². The van der Waals surface area contributed by atoms with Crippen LogP contribution in [-0.4, -0.2) is 16.3 Å². The molecule has 0 unspecified atom stereocenters. The van der Waals surface area contributed by atoms with Crippen LogP contribution in [0.4, 0.5) is 0 Å². The lowest BCUT2D eigenvalue weighted by atomic mass is 10.3. The third-order valence-corrected chi connectivity index (χ3v) is 3.83. The predicted molar refractivity (Wildman–Crippen MR) is 72.7 cm³/mol. The van der Waals surface area contributed by atoms with Gasteiger partial charge in [-0.15, -0.1) is 0 Å². The molecule has 2 rings (SSSR count). The van der Waals surface area contributed by atoms with Crippen molar-refractivity contribution >= 4 is 15.7 Å². The first-order valence-corrected chi connectivity index (χ1v) is 6.53. The first-order valence-electron chi connectivity index (χ1n) is 5.38. The molecule has 0 aliphatic rings. The molecular weight excluding hydrogens is 246 g/mol. The molecule has 1 atom stereocenters. The first-order chi connectivity index (χ1) is 8.72. The van der Waals surface area contributed by atoms with E-state index in [1.165, 1.54) is 0 Å². The van der Waals surface area contributed by atoms with Crippen molar-refractivity contribution in [3.63, 3.8) is 0 Å². The number of methoxy groups -OCH3 is 1. The zero-order valence-electron chi connectivity index (χ0n) is 10.00. The highest BCUT2D eigenvalue weighted by molar-refractivity contribution is 7.94. The maximum absolute atomic E-state index is 12.3. The van der Waals surface area contributed by atoms with E-state index in [1.54, 1.807) is 25.4 Å². The lowest BCUT2D eigenvalue weighted by Gasteiger charge is -2.06. The minimum Gasteiger partial charge on any atom is -0.481 e. The summed E-state index contributed by atoms with van der Waals surface area (Å²) in [6.45, 7) is 3.88. The van der Waals surface area contributed by atoms with Gasteiger partial charge in [0.05, 0.1) is 17.9 Å². The number of benzene rings is 1. The van der Waals surface area contributed by atoms with E-state index in [1.807, 2.05) is 30.3 Å². The van der Waals surface area contributed by atoms with Crippen LogP contribution in [0.1, 0.15) is 5.56 Å². The van der Waals surface area contributed by atoms with Crippen LogP contribution in [0.25, 0.3) is 4.91 Å². The van der Waals surface area contributed by atoms with Crippen molar-refractivity contribution in [3.8, 4) is 5.88 Å². The fourth-order valence-corrected chi connectivity index (χ4v) is 2.48. The topological polar surface area (TPSA) is 39.2 Å². The van der Waals surface area contributed by atoms with Gasteiger partial charge in [0, 0.05) is 27.6 Å². The van der Waals surface area contributed by atoms with Gasteiger partial charge in [0.25, 0.3) is 0 Å². The van der Waals surface area contributed by atoms with Crippen LogP contribution in [-0.2, 0) is 10.8 Å². The number of hydrogen-bond acceptors (Lipinski definition) is 3. The predicted octanol–water partition coefficient (Wildman–Crippen LogP) is 2.87. The lowest BCUT2D eigenvalue weighted by Crippen LogP contribution is -1.96. The SMILES string of the molecule is C=C(c1ccc(OC)nc1)[S@@](=O)c1ccccc1. The molecule has 0 spiro atoms. The monoisotopic (exact) mass is 259 g/mol. The van der Waals surface area contributed by atoms with Crippen LogP contribution in [0, 0.1) is 0 Å². The molecule has 0 N–H and O–H groups in total. The summed E-state index contributed by atoms with van der Waals surface area (Å²) in [5, 5.41) is 0. The van der Waals surface area contributed by atoms with E-state index >= 15 is 0 Å². The Balaban J connectivity index is 2.23. The highest BCUT2D eigenvalue weighted by atomic mass is 32.2. The van der Waals surface area contributed by atoms with E-state index in [-0.39, 0.29) is 0 Å². The molecule has 0 amide bonds. The zero-order valence-corrected chi connectivity index (χ0v) is 10.8. The average Bonchev–Trinajstić information content (AvgIpc) is 2.47. The molecule has 0 bridgehead atoms. The van der Waals surface area contributed by atoms with Gasteiger partial charge in [-0.05, 0) is 18.2 Å². The third kappa shape index (κ3) is 2.65. The quantitative estimate of drug-likeness (QED) is 0.847. The number of rotatable bonds is 4. The van der Waals surface area contributed by atoms with Gasteiger partial charge in [0.15, 0.2) is 0 Å². The smallest absolute Gasteiger partial charge is 0.212 e. The van der Waals surface area contributed by atoms with Crippen molar-refractivity contribution in [2.45, 2.75) is 4.90 Å². The van der Waals surface area contributed by atoms with Crippen molar-refractivity contribution in [1.29, 1.82) is 0 Å². The highest BCUT2D eigenvalue weighted by Gasteiger charge is 2.10. The van der Waals surface area contributed by atoms with Gasteiger partial charge in [-0.25, -0.2) is 9.19 Å². The van der Waals surface area contributed by atoms with Gasteiger partial charge >= 0.3 is 0 Å². The molecule has 0 aliphatic heterocycles. The Morgan fingerprint density at radius 2 is 1.94 bits per heavy atom. The highest BCUT2D eigenvalue weighted by Crippen LogP contribution is 2.22. The fourth-order valence-electron chi connectivity index (χ4n) is 1.46. The van der Waals surface area contributed by atoms with Gasteiger partial charge in [0.1, 0.15) is 0 Å². The average molecular weight is 259 g/mol. The molecule has 0 aliphatic carbocycles. The molecular formula is C14H13NO2S. The van der Waals surface area contributed by atoms with Crippen LogP contribution in [0.5, 0.6) is 5.88 Å². The van der Waals surface area contributed by atoms with E-state index < -0.39 is 10.8 Å². The van der Waals surface area contributed by atoms with E-state index in [0.29, 0.717) is 10.8 Å². The second-order valence-corrected chi connectivity index (χ2v) is 5.10. The normalized spacial score (nSPS) is 11.8. The Hall–Kier alpha value is -1.94. The molecule has 0 saturated heterocycles. The summed E-state index contributed by atoms with van der Waals surface area (Å²) in [5.74, 6) is 0.525. The molecule has 1 heterocycles.